The van der Waals surface area contributed by atoms with Crippen LogP contribution in [0.15, 0.2) is 0 Å². The first kappa shape index (κ1) is 18.4. The van der Waals surface area contributed by atoms with Gasteiger partial charge in [0.15, 0.2) is 0 Å². The summed E-state index contributed by atoms with van der Waals surface area (Å²) >= 11 is 0. The third-order valence-electron chi connectivity index (χ3n) is 4.48. The predicted octanol–water partition coefficient (Wildman–Crippen LogP) is 2.82. The third kappa shape index (κ3) is 5.95. The lowest BCUT2D eigenvalue weighted by atomic mass is 9.98. The number of likely N-dealkylation sites (N-methyl/N-ethyl adjacent to an activating group) is 1. The van der Waals surface area contributed by atoms with Crippen LogP contribution in [0.2, 0.25) is 0 Å². The van der Waals surface area contributed by atoms with Crippen molar-refractivity contribution < 1.29 is 9.53 Å². The molecule has 4 heteroatoms. The van der Waals surface area contributed by atoms with E-state index in [1.807, 2.05) is 13.8 Å². The highest BCUT2D eigenvalue weighted by atomic mass is 16.5. The number of nitrogens with zero attached hydrogens (tertiary/aromatic N) is 1. The second-order valence-electron chi connectivity index (χ2n) is 6.48. The monoisotopic (exact) mass is 298 g/mol. The normalized spacial score (nSPS) is 18.0. The van der Waals surface area contributed by atoms with E-state index in [0.29, 0.717) is 18.6 Å². The van der Waals surface area contributed by atoms with Crippen LogP contribution in [0.4, 0.5) is 0 Å². The summed E-state index contributed by atoms with van der Waals surface area (Å²) < 4.78 is 5.31. The van der Waals surface area contributed by atoms with Crippen molar-refractivity contribution in [3.63, 3.8) is 0 Å². The molecule has 0 aromatic heterocycles. The summed E-state index contributed by atoms with van der Waals surface area (Å²) in [5, 5.41) is 3.51. The van der Waals surface area contributed by atoms with Gasteiger partial charge in [0.2, 0.25) is 0 Å². The molecule has 0 radical (unpaired) electrons. The fourth-order valence-electron chi connectivity index (χ4n) is 2.80. The number of hydrogen-bond donors (Lipinski definition) is 1. The van der Waals surface area contributed by atoms with E-state index in [1.165, 1.54) is 25.7 Å². The first-order valence-corrected chi connectivity index (χ1v) is 8.66. The van der Waals surface area contributed by atoms with E-state index in [1.54, 1.807) is 0 Å². The summed E-state index contributed by atoms with van der Waals surface area (Å²) in [6.07, 6.45) is 4.74. The van der Waals surface area contributed by atoms with Gasteiger partial charge in [0, 0.05) is 19.1 Å². The van der Waals surface area contributed by atoms with E-state index >= 15 is 0 Å². The number of hydrogen-bond acceptors (Lipinski definition) is 4. The Balaban J connectivity index is 2.69. The van der Waals surface area contributed by atoms with Gasteiger partial charge in [-0.05, 0) is 39.2 Å². The molecule has 0 spiro atoms. The van der Waals surface area contributed by atoms with Gasteiger partial charge in [-0.25, -0.2) is 0 Å². The average Bonchev–Trinajstić information content (AvgIpc) is 3.27. The quantitative estimate of drug-likeness (QED) is 0.596. The largest absolute Gasteiger partial charge is 0.465 e. The van der Waals surface area contributed by atoms with Gasteiger partial charge in [0.25, 0.3) is 0 Å². The van der Waals surface area contributed by atoms with Gasteiger partial charge in [0.05, 0.1) is 6.61 Å². The second kappa shape index (κ2) is 8.74. The van der Waals surface area contributed by atoms with Crippen LogP contribution in [0.5, 0.6) is 0 Å². The predicted molar refractivity (Wildman–Crippen MR) is 87.4 cm³/mol. The Morgan fingerprint density at radius 1 is 1.29 bits per heavy atom. The fraction of sp³-hybridized carbons (Fsp3) is 0.941. The molecular formula is C17H34N2O2. The average molecular weight is 298 g/mol. The summed E-state index contributed by atoms with van der Waals surface area (Å²) in [7, 11) is 0. The fourth-order valence-corrected chi connectivity index (χ4v) is 2.80. The molecule has 1 rings (SSSR count). The molecule has 124 valence electrons. The van der Waals surface area contributed by atoms with Crippen molar-refractivity contribution in [3.8, 4) is 0 Å². The van der Waals surface area contributed by atoms with Crippen molar-refractivity contribution in [1.29, 1.82) is 0 Å². The van der Waals surface area contributed by atoms with Gasteiger partial charge in [0.1, 0.15) is 5.54 Å². The van der Waals surface area contributed by atoms with E-state index in [0.717, 1.165) is 19.6 Å². The van der Waals surface area contributed by atoms with Crippen LogP contribution < -0.4 is 5.32 Å². The minimum absolute atomic E-state index is 0.111. The zero-order valence-corrected chi connectivity index (χ0v) is 14.6. The molecule has 4 nitrogen and oxygen atoms in total. The number of carbonyl (C=O) groups is 1. The second-order valence-corrected chi connectivity index (χ2v) is 6.48. The Morgan fingerprint density at radius 2 is 1.90 bits per heavy atom. The number of rotatable bonds is 11. The van der Waals surface area contributed by atoms with Crippen molar-refractivity contribution in [2.24, 2.45) is 5.92 Å². The van der Waals surface area contributed by atoms with E-state index < -0.39 is 5.54 Å². The van der Waals surface area contributed by atoms with Gasteiger partial charge in [-0.1, -0.05) is 33.6 Å². The summed E-state index contributed by atoms with van der Waals surface area (Å²) in [5.74, 6) is 0.595. The highest BCUT2D eigenvalue weighted by Crippen LogP contribution is 2.24. The van der Waals surface area contributed by atoms with Gasteiger partial charge < -0.3 is 9.64 Å². The molecule has 1 fully saturated rings. The molecule has 0 amide bonds. The van der Waals surface area contributed by atoms with Crippen LogP contribution in [0.3, 0.4) is 0 Å². The topological polar surface area (TPSA) is 41.6 Å². The van der Waals surface area contributed by atoms with Crippen LogP contribution in [-0.4, -0.2) is 48.7 Å². The molecule has 1 saturated carbocycles. The zero-order valence-electron chi connectivity index (χ0n) is 14.6. The molecular weight excluding hydrogens is 264 g/mol. The first-order chi connectivity index (χ1) is 9.98. The first-order valence-electron chi connectivity index (χ1n) is 8.66. The van der Waals surface area contributed by atoms with E-state index in [4.69, 9.17) is 4.74 Å². The minimum Gasteiger partial charge on any atom is -0.465 e. The van der Waals surface area contributed by atoms with Crippen molar-refractivity contribution >= 4 is 5.97 Å². The highest BCUT2D eigenvalue weighted by Gasteiger charge is 2.40. The summed E-state index contributed by atoms with van der Waals surface area (Å²) in [6, 6.07) is 0.492. The SMILES string of the molecule is CCOC(=O)C(C)(CN(CC)CC(CC)CC)NC1CC1. The van der Waals surface area contributed by atoms with Crippen LogP contribution in [-0.2, 0) is 9.53 Å². The molecule has 0 aromatic carbocycles. The molecule has 1 aliphatic carbocycles. The van der Waals surface area contributed by atoms with Crippen LogP contribution in [0.1, 0.15) is 60.3 Å². The summed E-state index contributed by atoms with van der Waals surface area (Å²) in [4.78, 5) is 14.8. The van der Waals surface area contributed by atoms with Crippen LogP contribution in [0, 0.1) is 5.92 Å². The van der Waals surface area contributed by atoms with Crippen molar-refractivity contribution in [1.82, 2.24) is 10.2 Å². The third-order valence-corrected chi connectivity index (χ3v) is 4.48. The molecule has 1 unspecified atom stereocenters. The maximum Gasteiger partial charge on any atom is 0.327 e. The van der Waals surface area contributed by atoms with Crippen molar-refractivity contribution in [3.05, 3.63) is 0 Å². The maximum absolute atomic E-state index is 12.4. The Kier molecular flexibility index (Phi) is 7.67. The van der Waals surface area contributed by atoms with Crippen molar-refractivity contribution in [2.75, 3.05) is 26.2 Å². The summed E-state index contributed by atoms with van der Waals surface area (Å²) in [5.41, 5.74) is -0.584. The minimum atomic E-state index is -0.584. The van der Waals surface area contributed by atoms with Crippen molar-refractivity contribution in [2.45, 2.75) is 71.9 Å². The van der Waals surface area contributed by atoms with Crippen LogP contribution in [0.25, 0.3) is 0 Å². The lowest BCUT2D eigenvalue weighted by Gasteiger charge is -2.35. The maximum atomic E-state index is 12.4. The smallest absolute Gasteiger partial charge is 0.327 e. The molecule has 1 aliphatic rings. The number of carbonyl (C=O) groups excluding carboxylic acids is 1. The molecule has 21 heavy (non-hydrogen) atoms. The Bertz CT molecular complexity index is 314. The standard InChI is InChI=1S/C17H34N2O2/c1-6-14(7-2)12-19(8-3)13-17(5,16(20)21-9-4)18-15-10-11-15/h14-15,18H,6-13H2,1-5H3. The van der Waals surface area contributed by atoms with Gasteiger partial charge in [-0.3, -0.25) is 10.1 Å². The molecule has 0 aliphatic heterocycles. The molecule has 0 saturated heterocycles. The molecule has 1 N–H and O–H groups in total. The van der Waals surface area contributed by atoms with E-state index in [-0.39, 0.29) is 5.97 Å². The number of esters is 1. The molecule has 0 bridgehead atoms. The Labute approximate surface area is 130 Å². The lowest BCUT2D eigenvalue weighted by molar-refractivity contribution is -0.151. The summed E-state index contributed by atoms with van der Waals surface area (Å²) in [6.45, 7) is 13.7. The number of ether oxygens (including phenoxy) is 1. The van der Waals surface area contributed by atoms with Gasteiger partial charge in [-0.2, -0.15) is 0 Å². The Morgan fingerprint density at radius 3 is 2.33 bits per heavy atom. The van der Waals surface area contributed by atoms with E-state index in [9.17, 15) is 4.79 Å². The Hall–Kier alpha value is -0.610. The molecule has 1 atom stereocenters. The van der Waals surface area contributed by atoms with E-state index in [2.05, 4.69) is 31.0 Å². The van der Waals surface area contributed by atoms with Gasteiger partial charge >= 0.3 is 5.97 Å². The van der Waals surface area contributed by atoms with Crippen LogP contribution >= 0.6 is 0 Å². The highest BCUT2D eigenvalue weighted by molar-refractivity contribution is 5.80. The van der Waals surface area contributed by atoms with Gasteiger partial charge in [-0.15, -0.1) is 0 Å². The molecule has 0 heterocycles. The molecule has 0 aromatic rings. The number of nitrogens with one attached hydrogen (secondary N) is 1. The zero-order chi connectivity index (χ0) is 15.9. The lowest BCUT2D eigenvalue weighted by Crippen LogP contribution is -2.58.